The third-order valence-corrected chi connectivity index (χ3v) is 7.09. The third kappa shape index (κ3) is 1.90. The van der Waals surface area contributed by atoms with Crippen molar-refractivity contribution < 1.29 is 13.5 Å². The van der Waals surface area contributed by atoms with Crippen LogP contribution in [0.1, 0.15) is 34.9 Å². The predicted octanol–water partition coefficient (Wildman–Crippen LogP) is 4.03. The monoisotopic (exact) mass is 351 g/mol. The van der Waals surface area contributed by atoms with Gasteiger partial charge in [0.15, 0.2) is 0 Å². The molecule has 1 aromatic heterocycles. The molecule has 0 fully saturated rings. The van der Waals surface area contributed by atoms with Gasteiger partial charge in [-0.05, 0) is 43.2 Å². The van der Waals surface area contributed by atoms with E-state index in [0.717, 1.165) is 28.5 Å². The molecule has 0 radical (unpaired) electrons. The molecule has 126 valence electrons. The van der Waals surface area contributed by atoms with Crippen LogP contribution in [-0.4, -0.2) is 17.5 Å². The first-order valence-corrected chi connectivity index (χ1v) is 9.78. The van der Waals surface area contributed by atoms with Gasteiger partial charge in [-0.2, -0.15) is 0 Å². The number of aryl methyl sites for hydroxylation is 1. The lowest BCUT2D eigenvalue weighted by Gasteiger charge is -2.16. The molecule has 5 heteroatoms. The van der Waals surface area contributed by atoms with Crippen LogP contribution in [0.25, 0.3) is 10.9 Å². The van der Waals surface area contributed by atoms with Crippen molar-refractivity contribution in [1.29, 1.82) is 0 Å². The van der Waals surface area contributed by atoms with E-state index in [1.165, 1.54) is 3.97 Å². The van der Waals surface area contributed by atoms with Gasteiger partial charge in [0.25, 0.3) is 10.0 Å². The number of rotatable bonds is 2. The summed E-state index contributed by atoms with van der Waals surface area (Å²) in [4.78, 5) is 0.274. The highest BCUT2D eigenvalue weighted by Crippen LogP contribution is 2.54. The van der Waals surface area contributed by atoms with Crippen LogP contribution in [0, 0.1) is 6.92 Å². The Balaban J connectivity index is 1.81. The molecule has 2 aliphatic rings. The van der Waals surface area contributed by atoms with E-state index in [1.54, 1.807) is 42.6 Å². The van der Waals surface area contributed by atoms with Crippen LogP contribution in [0.5, 0.6) is 5.75 Å². The number of nitrogens with zero attached hydrogens (tertiary/aromatic N) is 1. The summed E-state index contributed by atoms with van der Waals surface area (Å²) in [6.07, 6.45) is 6.75. The highest BCUT2D eigenvalue weighted by Gasteiger charge is 2.38. The number of phenolic OH excluding ortho intramolecular Hbond substituents is 1. The van der Waals surface area contributed by atoms with Gasteiger partial charge in [-0.3, -0.25) is 0 Å². The van der Waals surface area contributed by atoms with Gasteiger partial charge in [-0.15, -0.1) is 0 Å². The van der Waals surface area contributed by atoms with Gasteiger partial charge in [0.1, 0.15) is 5.75 Å². The van der Waals surface area contributed by atoms with Crippen LogP contribution in [-0.2, 0) is 10.0 Å². The summed E-state index contributed by atoms with van der Waals surface area (Å²) < 4.78 is 27.8. The molecule has 0 aliphatic heterocycles. The summed E-state index contributed by atoms with van der Waals surface area (Å²) in [6, 6.07) is 10.3. The molecule has 0 saturated carbocycles. The first kappa shape index (κ1) is 14.8. The second kappa shape index (κ2) is 4.76. The molecular weight excluding hydrogens is 334 g/mol. The quantitative estimate of drug-likeness (QED) is 0.709. The topological polar surface area (TPSA) is 59.3 Å². The number of allylic oxidation sites excluding steroid dienone is 2. The van der Waals surface area contributed by atoms with Gasteiger partial charge in [-0.25, -0.2) is 12.4 Å². The minimum absolute atomic E-state index is 0.177. The van der Waals surface area contributed by atoms with Crippen LogP contribution in [0.3, 0.4) is 0 Å². The van der Waals surface area contributed by atoms with Crippen LogP contribution in [0.2, 0.25) is 0 Å². The lowest BCUT2D eigenvalue weighted by Crippen LogP contribution is -2.13. The maximum atomic E-state index is 13.2. The van der Waals surface area contributed by atoms with Crippen molar-refractivity contribution in [2.45, 2.75) is 30.1 Å². The van der Waals surface area contributed by atoms with Crippen molar-refractivity contribution in [3.8, 4) is 5.75 Å². The molecule has 2 unspecified atom stereocenters. The number of phenols is 1. The van der Waals surface area contributed by atoms with E-state index in [9.17, 15) is 13.5 Å². The van der Waals surface area contributed by atoms with Gasteiger partial charge < -0.3 is 5.11 Å². The first-order valence-electron chi connectivity index (χ1n) is 8.34. The molecule has 3 aromatic rings. The van der Waals surface area contributed by atoms with Crippen molar-refractivity contribution >= 4 is 20.9 Å². The fourth-order valence-electron chi connectivity index (χ4n) is 4.23. The standard InChI is InChI=1S/C20H17NO3S/c1-12-2-6-16(7-3-12)25(23,24)21-9-8-15-11-17(22)18-13-4-5-14(10-13)19(18)20(15)21/h2-9,11,13-14,22H,10H2,1H3. The second-order valence-corrected chi connectivity index (χ2v) is 8.74. The molecule has 2 bridgehead atoms. The molecule has 2 aliphatic carbocycles. The normalized spacial score (nSPS) is 21.2. The first-order chi connectivity index (χ1) is 12.0. The fraction of sp³-hybridized carbons (Fsp3) is 0.200. The van der Waals surface area contributed by atoms with Crippen LogP contribution < -0.4 is 0 Å². The highest BCUT2D eigenvalue weighted by atomic mass is 32.2. The zero-order valence-electron chi connectivity index (χ0n) is 13.7. The minimum atomic E-state index is -3.68. The third-order valence-electron chi connectivity index (χ3n) is 5.40. The fourth-order valence-corrected chi connectivity index (χ4v) is 5.60. The number of hydrogen-bond acceptors (Lipinski definition) is 3. The van der Waals surface area contributed by atoms with Crippen molar-refractivity contribution in [2.75, 3.05) is 0 Å². The Labute approximate surface area is 146 Å². The number of benzene rings is 2. The Kier molecular flexibility index (Phi) is 2.82. The molecule has 1 N–H and O–H groups in total. The van der Waals surface area contributed by atoms with Crippen LogP contribution in [0.4, 0.5) is 0 Å². The number of aromatic hydroxyl groups is 1. The van der Waals surface area contributed by atoms with Crippen LogP contribution in [0.15, 0.2) is 59.6 Å². The van der Waals surface area contributed by atoms with Gasteiger partial charge in [0.2, 0.25) is 0 Å². The van der Waals surface area contributed by atoms with E-state index < -0.39 is 10.0 Å². The lowest BCUT2D eigenvalue weighted by atomic mass is 9.94. The maximum Gasteiger partial charge on any atom is 0.268 e. The summed E-state index contributed by atoms with van der Waals surface area (Å²) in [7, 11) is -3.68. The van der Waals surface area contributed by atoms with Gasteiger partial charge in [0.05, 0.1) is 10.4 Å². The second-order valence-electron chi connectivity index (χ2n) is 6.92. The van der Waals surface area contributed by atoms with E-state index in [-0.39, 0.29) is 22.5 Å². The van der Waals surface area contributed by atoms with Crippen molar-refractivity contribution in [3.05, 3.63) is 71.4 Å². The molecule has 5 rings (SSSR count). The van der Waals surface area contributed by atoms with Crippen molar-refractivity contribution in [1.82, 2.24) is 3.97 Å². The molecule has 25 heavy (non-hydrogen) atoms. The van der Waals surface area contributed by atoms with E-state index in [1.807, 2.05) is 6.92 Å². The Hall–Kier alpha value is -2.53. The smallest absolute Gasteiger partial charge is 0.268 e. The van der Waals surface area contributed by atoms with Crippen molar-refractivity contribution in [2.24, 2.45) is 0 Å². The molecular formula is C20H17NO3S. The molecule has 0 amide bonds. The Morgan fingerprint density at radius 2 is 1.72 bits per heavy atom. The van der Waals surface area contributed by atoms with Crippen molar-refractivity contribution in [3.63, 3.8) is 0 Å². The zero-order valence-corrected chi connectivity index (χ0v) is 14.5. The Morgan fingerprint density at radius 1 is 1.04 bits per heavy atom. The van der Waals surface area contributed by atoms with E-state index >= 15 is 0 Å². The Morgan fingerprint density at radius 3 is 2.44 bits per heavy atom. The maximum absolute atomic E-state index is 13.2. The molecule has 1 heterocycles. The van der Waals surface area contributed by atoms with E-state index in [4.69, 9.17) is 0 Å². The predicted molar refractivity (Wildman–Crippen MR) is 96.6 cm³/mol. The van der Waals surface area contributed by atoms with E-state index in [0.29, 0.717) is 5.52 Å². The summed E-state index contributed by atoms with van der Waals surface area (Å²) in [6.45, 7) is 1.93. The van der Waals surface area contributed by atoms with E-state index in [2.05, 4.69) is 12.2 Å². The zero-order chi connectivity index (χ0) is 17.3. The van der Waals surface area contributed by atoms with Gasteiger partial charge in [-0.1, -0.05) is 29.8 Å². The molecule has 2 aromatic carbocycles. The molecule has 0 saturated heterocycles. The molecule has 0 spiro atoms. The average Bonchev–Trinajstić information content (AvgIpc) is 3.29. The Bertz CT molecular complexity index is 1150. The number of fused-ring (bicyclic) bond motifs is 7. The number of aromatic nitrogens is 1. The summed E-state index contributed by atoms with van der Waals surface area (Å²) in [5, 5.41) is 11.2. The summed E-state index contributed by atoms with van der Waals surface area (Å²) in [5.74, 6) is 0.635. The number of hydrogen-bond donors (Lipinski definition) is 1. The lowest BCUT2D eigenvalue weighted by molar-refractivity contribution is 0.468. The van der Waals surface area contributed by atoms with Crippen LogP contribution >= 0.6 is 0 Å². The van der Waals surface area contributed by atoms with Gasteiger partial charge >= 0.3 is 0 Å². The minimum Gasteiger partial charge on any atom is -0.508 e. The summed E-state index contributed by atoms with van der Waals surface area (Å²) in [5.41, 5.74) is 3.57. The molecule has 4 nitrogen and oxygen atoms in total. The average molecular weight is 351 g/mol. The SMILES string of the molecule is Cc1ccc(S(=O)(=O)n2ccc3cc(O)c4c(c32)C2C=CC4C2)cc1. The highest BCUT2D eigenvalue weighted by molar-refractivity contribution is 7.90. The summed E-state index contributed by atoms with van der Waals surface area (Å²) >= 11 is 0. The largest absolute Gasteiger partial charge is 0.508 e. The van der Waals surface area contributed by atoms with Gasteiger partial charge in [0, 0.05) is 29.0 Å². The molecule has 2 atom stereocenters.